The molecule has 0 unspecified atom stereocenters. The van der Waals surface area contributed by atoms with Crippen LogP contribution >= 0.6 is 0 Å². The Bertz CT molecular complexity index is 1140. The molecule has 0 spiro atoms. The molecule has 0 N–H and O–H groups in total. The molecule has 7 heteroatoms. The lowest BCUT2D eigenvalue weighted by atomic mass is 10.1. The van der Waals surface area contributed by atoms with E-state index in [4.69, 9.17) is 4.74 Å². The summed E-state index contributed by atoms with van der Waals surface area (Å²) in [6, 6.07) is 11.6. The zero-order valence-electron chi connectivity index (χ0n) is 16.8. The molecule has 0 aliphatic heterocycles. The van der Waals surface area contributed by atoms with Gasteiger partial charge in [0.05, 0.1) is 11.4 Å². The van der Waals surface area contributed by atoms with Gasteiger partial charge in [-0.3, -0.25) is 4.79 Å². The highest BCUT2D eigenvalue weighted by molar-refractivity contribution is 5.70. The average molecular weight is 389 g/mol. The maximum atomic E-state index is 12.3. The van der Waals surface area contributed by atoms with E-state index >= 15 is 0 Å². The van der Waals surface area contributed by atoms with E-state index in [1.54, 1.807) is 10.9 Å². The molecule has 7 nitrogen and oxygen atoms in total. The van der Waals surface area contributed by atoms with Gasteiger partial charge < -0.3 is 4.74 Å². The number of aryl methyl sites for hydroxylation is 3. The summed E-state index contributed by atoms with van der Waals surface area (Å²) in [6.07, 6.45) is 4.51. The van der Waals surface area contributed by atoms with Crippen LogP contribution in [0.2, 0.25) is 0 Å². The first-order valence-corrected chi connectivity index (χ1v) is 9.58. The third-order valence-corrected chi connectivity index (χ3v) is 4.97. The smallest absolute Gasteiger partial charge is 0.306 e. The van der Waals surface area contributed by atoms with Gasteiger partial charge in [0, 0.05) is 36.3 Å². The fourth-order valence-corrected chi connectivity index (χ4v) is 3.43. The minimum atomic E-state index is -0.225. The molecule has 0 aliphatic rings. The van der Waals surface area contributed by atoms with E-state index in [1.807, 2.05) is 67.9 Å². The molecule has 0 saturated heterocycles. The average Bonchev–Trinajstić information content (AvgIpc) is 3.36. The van der Waals surface area contributed by atoms with Crippen LogP contribution in [0.5, 0.6) is 0 Å². The molecule has 3 heterocycles. The Labute approximate surface area is 169 Å². The van der Waals surface area contributed by atoms with Crippen molar-refractivity contribution in [3.63, 3.8) is 0 Å². The molecule has 3 aromatic heterocycles. The highest BCUT2D eigenvalue weighted by Gasteiger charge is 2.13. The van der Waals surface area contributed by atoms with Gasteiger partial charge in [0.1, 0.15) is 6.61 Å². The monoisotopic (exact) mass is 389 g/mol. The van der Waals surface area contributed by atoms with Crippen LogP contribution in [0.1, 0.15) is 34.6 Å². The van der Waals surface area contributed by atoms with E-state index in [-0.39, 0.29) is 12.6 Å². The molecule has 0 atom stereocenters. The number of hydrogen-bond acceptors (Lipinski definition) is 5. The molecule has 0 saturated carbocycles. The summed E-state index contributed by atoms with van der Waals surface area (Å²) in [7, 11) is 0. The Morgan fingerprint density at radius 1 is 1.14 bits per heavy atom. The lowest BCUT2D eigenvalue weighted by Crippen LogP contribution is -2.10. The summed E-state index contributed by atoms with van der Waals surface area (Å²) in [6.45, 7) is 6.18. The van der Waals surface area contributed by atoms with Gasteiger partial charge in [0.2, 0.25) is 0 Å². The first-order valence-electron chi connectivity index (χ1n) is 9.58. The highest BCUT2D eigenvalue weighted by atomic mass is 16.5. The predicted molar refractivity (Wildman–Crippen MR) is 109 cm³/mol. The molecule has 4 aromatic rings. The number of carbonyl (C=O) groups is 1. The Balaban J connectivity index is 1.35. The van der Waals surface area contributed by atoms with Gasteiger partial charge in [0.25, 0.3) is 0 Å². The first kappa shape index (κ1) is 18.9. The number of esters is 1. The van der Waals surface area contributed by atoms with Crippen molar-refractivity contribution in [1.82, 2.24) is 24.4 Å². The molecule has 0 amide bonds. The lowest BCUT2D eigenvalue weighted by Gasteiger charge is -2.11. The van der Waals surface area contributed by atoms with Crippen LogP contribution < -0.4 is 0 Å². The maximum Gasteiger partial charge on any atom is 0.306 e. The second-order valence-electron chi connectivity index (χ2n) is 7.09. The topological polar surface area (TPSA) is 74.3 Å². The number of hydrogen-bond donors (Lipinski definition) is 0. The Morgan fingerprint density at radius 2 is 1.93 bits per heavy atom. The van der Waals surface area contributed by atoms with Crippen LogP contribution in [-0.4, -0.2) is 30.3 Å². The van der Waals surface area contributed by atoms with E-state index in [9.17, 15) is 4.79 Å². The minimum absolute atomic E-state index is 0.225. The van der Waals surface area contributed by atoms with Crippen molar-refractivity contribution in [3.05, 3.63) is 77.0 Å². The summed E-state index contributed by atoms with van der Waals surface area (Å²) in [5.41, 5.74) is 6.66. The number of rotatable bonds is 6. The fraction of sp³-hybridized carbons (Fsp3) is 0.273. The molecule has 29 heavy (non-hydrogen) atoms. The molecular weight excluding hydrogens is 366 g/mol. The highest BCUT2D eigenvalue weighted by Crippen LogP contribution is 2.17. The Kier molecular flexibility index (Phi) is 5.12. The van der Waals surface area contributed by atoms with Crippen molar-refractivity contribution in [3.8, 4) is 5.69 Å². The van der Waals surface area contributed by atoms with Gasteiger partial charge in [-0.15, -0.1) is 0 Å². The number of nitrogens with zero attached hydrogens (tertiary/aromatic N) is 5. The van der Waals surface area contributed by atoms with Gasteiger partial charge >= 0.3 is 5.97 Å². The first-order chi connectivity index (χ1) is 14.0. The van der Waals surface area contributed by atoms with Crippen molar-refractivity contribution in [1.29, 1.82) is 0 Å². The molecule has 1 aromatic carbocycles. The van der Waals surface area contributed by atoms with Crippen LogP contribution in [0.25, 0.3) is 11.3 Å². The molecule has 0 fully saturated rings. The van der Waals surface area contributed by atoms with Crippen molar-refractivity contribution < 1.29 is 9.53 Å². The molecular formula is C22H23N5O2. The third kappa shape index (κ3) is 4.03. The predicted octanol–water partition coefficient (Wildman–Crippen LogP) is 3.52. The Hall–Kier alpha value is -3.48. The van der Waals surface area contributed by atoms with Crippen molar-refractivity contribution >= 4 is 11.6 Å². The number of benzene rings is 1. The largest absolute Gasteiger partial charge is 0.461 e. The van der Waals surface area contributed by atoms with E-state index in [0.29, 0.717) is 12.8 Å². The summed E-state index contributed by atoms with van der Waals surface area (Å²) in [5.74, 6) is -0.225. The number of fused-ring (bicyclic) bond motifs is 1. The zero-order valence-corrected chi connectivity index (χ0v) is 16.8. The SMILES string of the molecule is Cc1cc2nc(C)c(CCC(=O)OCc3ccc(-n4cccn4)cc3)c(C)n2n1. The maximum absolute atomic E-state index is 12.3. The molecule has 0 bridgehead atoms. The second kappa shape index (κ2) is 7.87. The fourth-order valence-electron chi connectivity index (χ4n) is 3.43. The third-order valence-electron chi connectivity index (χ3n) is 4.97. The molecule has 148 valence electrons. The van der Waals surface area contributed by atoms with E-state index in [0.717, 1.165) is 39.5 Å². The minimum Gasteiger partial charge on any atom is -0.461 e. The van der Waals surface area contributed by atoms with Gasteiger partial charge in [0.15, 0.2) is 5.65 Å². The Morgan fingerprint density at radius 3 is 2.66 bits per heavy atom. The molecule has 0 aliphatic carbocycles. The van der Waals surface area contributed by atoms with Crippen molar-refractivity contribution in [2.24, 2.45) is 0 Å². The van der Waals surface area contributed by atoms with Gasteiger partial charge in [-0.1, -0.05) is 12.1 Å². The molecule has 0 radical (unpaired) electrons. The van der Waals surface area contributed by atoms with E-state index in [1.165, 1.54) is 0 Å². The standard InChI is InChI=1S/C22H23N5O2/c1-15-13-21-24-16(2)20(17(3)27(21)25-15)9-10-22(28)29-14-18-5-7-19(8-6-18)26-12-4-11-23-26/h4-8,11-13H,9-10,14H2,1-3H3. The van der Waals surface area contributed by atoms with E-state index in [2.05, 4.69) is 15.2 Å². The number of ether oxygens (including phenoxy) is 1. The van der Waals surface area contributed by atoms with Gasteiger partial charge in [-0.25, -0.2) is 14.2 Å². The quantitative estimate of drug-likeness (QED) is 0.472. The molecule has 4 rings (SSSR count). The summed E-state index contributed by atoms with van der Waals surface area (Å²) < 4.78 is 9.07. The van der Waals surface area contributed by atoms with Crippen molar-refractivity contribution in [2.75, 3.05) is 0 Å². The van der Waals surface area contributed by atoms with E-state index < -0.39 is 0 Å². The van der Waals surface area contributed by atoms with Crippen molar-refractivity contribution in [2.45, 2.75) is 40.2 Å². The lowest BCUT2D eigenvalue weighted by molar-refractivity contribution is -0.144. The number of carbonyl (C=O) groups excluding carboxylic acids is 1. The normalized spacial score (nSPS) is 11.1. The van der Waals surface area contributed by atoms with Gasteiger partial charge in [-0.2, -0.15) is 10.2 Å². The van der Waals surface area contributed by atoms with Crippen LogP contribution in [0.4, 0.5) is 0 Å². The van der Waals surface area contributed by atoms with Gasteiger partial charge in [-0.05, 0) is 56.5 Å². The second-order valence-corrected chi connectivity index (χ2v) is 7.09. The summed E-state index contributed by atoms with van der Waals surface area (Å²) >= 11 is 0. The van der Waals surface area contributed by atoms with Crippen LogP contribution in [0.15, 0.2) is 48.8 Å². The number of aromatic nitrogens is 5. The summed E-state index contributed by atoms with van der Waals surface area (Å²) in [5, 5.41) is 8.67. The summed E-state index contributed by atoms with van der Waals surface area (Å²) in [4.78, 5) is 16.9. The van der Waals surface area contributed by atoms with Crippen LogP contribution in [0, 0.1) is 20.8 Å². The van der Waals surface area contributed by atoms with Crippen LogP contribution in [-0.2, 0) is 22.6 Å². The van der Waals surface area contributed by atoms with Crippen LogP contribution in [0.3, 0.4) is 0 Å². The zero-order chi connectivity index (χ0) is 20.4.